The van der Waals surface area contributed by atoms with Gasteiger partial charge >= 0.3 is 11.9 Å². The van der Waals surface area contributed by atoms with Gasteiger partial charge in [-0.1, -0.05) is 41.5 Å². The van der Waals surface area contributed by atoms with Crippen molar-refractivity contribution < 1.29 is 19.1 Å². The Morgan fingerprint density at radius 1 is 0.900 bits per heavy atom. The van der Waals surface area contributed by atoms with Crippen LogP contribution in [0.15, 0.2) is 39.2 Å². The number of carbonyl (C=O) groups excluding carboxylic acids is 2. The molecular weight excluding hydrogens is 500 g/mol. The Balaban J connectivity index is 1.35. The summed E-state index contributed by atoms with van der Waals surface area (Å²) in [7, 11) is 0. The van der Waals surface area contributed by atoms with Crippen molar-refractivity contribution in [2.75, 3.05) is 0 Å². The maximum Gasteiger partial charge on any atom is 0.340 e. The summed E-state index contributed by atoms with van der Waals surface area (Å²) in [5.41, 5.74) is 3.54. The Morgan fingerprint density at radius 2 is 1.45 bits per heavy atom. The molecule has 2 aliphatic heterocycles. The van der Waals surface area contributed by atoms with E-state index in [0.29, 0.717) is 28.6 Å². The van der Waals surface area contributed by atoms with Gasteiger partial charge < -0.3 is 14.8 Å². The lowest BCUT2D eigenvalue weighted by Crippen LogP contribution is -2.43. The van der Waals surface area contributed by atoms with Gasteiger partial charge in [0.2, 0.25) is 0 Å². The van der Waals surface area contributed by atoms with E-state index < -0.39 is 0 Å². The summed E-state index contributed by atoms with van der Waals surface area (Å²) in [4.78, 5) is 32.7. The molecule has 1 N–H and O–H groups in total. The largest absolute Gasteiger partial charge is 0.458 e. The zero-order valence-electron chi connectivity index (χ0n) is 25.8. The molecule has 0 amide bonds. The highest BCUT2D eigenvalue weighted by Crippen LogP contribution is 2.67. The molecule has 6 heteroatoms. The average molecular weight is 549 g/mol. The van der Waals surface area contributed by atoms with E-state index in [2.05, 4.69) is 51.9 Å². The van der Waals surface area contributed by atoms with Crippen LogP contribution in [0.1, 0.15) is 107 Å². The van der Waals surface area contributed by atoms with E-state index in [9.17, 15) is 9.59 Å². The molecule has 4 saturated carbocycles. The minimum absolute atomic E-state index is 0.0364. The number of nitrogens with zero attached hydrogens (tertiary/aromatic N) is 1. The summed E-state index contributed by atoms with van der Waals surface area (Å²) in [5.74, 6) is 0.486. The van der Waals surface area contributed by atoms with E-state index in [1.165, 1.54) is 12.8 Å². The molecule has 6 rings (SSSR count). The second-order valence-electron chi connectivity index (χ2n) is 15.2. The molecule has 6 aliphatic rings. The van der Waals surface area contributed by atoms with Gasteiger partial charge in [-0.2, -0.15) is 0 Å². The zero-order valence-corrected chi connectivity index (χ0v) is 25.8. The van der Waals surface area contributed by atoms with E-state index in [0.717, 1.165) is 49.8 Å². The van der Waals surface area contributed by atoms with E-state index in [-0.39, 0.29) is 51.8 Å². The van der Waals surface area contributed by atoms with Crippen LogP contribution in [-0.2, 0) is 19.1 Å². The van der Waals surface area contributed by atoms with Crippen LogP contribution in [0.25, 0.3) is 0 Å². The number of esters is 2. The van der Waals surface area contributed by atoms with Gasteiger partial charge in [-0.15, -0.1) is 0 Å². The molecule has 0 saturated heterocycles. The normalized spacial score (nSPS) is 40.8. The lowest BCUT2D eigenvalue weighted by molar-refractivity contribution is -0.152. The smallest absolute Gasteiger partial charge is 0.340 e. The maximum absolute atomic E-state index is 14.1. The molecule has 7 atom stereocenters. The molecule has 6 nitrogen and oxygen atoms in total. The number of dihydropyridines is 1. The third-order valence-corrected chi connectivity index (χ3v) is 13.3. The first-order valence-corrected chi connectivity index (χ1v) is 15.6. The molecular formula is C34H48N2O4. The van der Waals surface area contributed by atoms with Gasteiger partial charge in [-0.05, 0) is 93.5 Å². The van der Waals surface area contributed by atoms with Crippen molar-refractivity contribution in [1.29, 1.82) is 0 Å². The summed E-state index contributed by atoms with van der Waals surface area (Å²) in [6.07, 6.45) is 11.3. The highest BCUT2D eigenvalue weighted by molar-refractivity contribution is 6.03. The van der Waals surface area contributed by atoms with E-state index in [1.54, 1.807) is 0 Å². The molecule has 7 unspecified atom stereocenters. The van der Waals surface area contributed by atoms with Crippen LogP contribution in [0.2, 0.25) is 0 Å². The lowest BCUT2D eigenvalue weighted by atomic mass is 9.70. The number of rotatable bonds is 5. The standard InChI is InChI=1S/C34H48N2O4/c1-19-26(29(37)39-24-16-22-11-13-33(24,7)31(22,3)4)28(21-10-9-15-35-18-21)27(20(2)36-19)30(38)40-25-17-23-12-14-34(25,8)32(23,5)6/h15,18-19,22-25,36H,9-14,16-17H2,1-8H3. The fraction of sp³-hybridized carbons (Fsp3) is 0.735. The summed E-state index contributed by atoms with van der Waals surface area (Å²) in [5, 5.41) is 3.43. The Hall–Kier alpha value is -2.37. The molecule has 218 valence electrons. The second-order valence-corrected chi connectivity index (χ2v) is 15.2. The summed E-state index contributed by atoms with van der Waals surface area (Å²) in [6.45, 7) is 17.8. The van der Waals surface area contributed by atoms with Crippen molar-refractivity contribution in [3.63, 3.8) is 0 Å². The Bertz CT molecular complexity index is 1270. The van der Waals surface area contributed by atoms with E-state index in [4.69, 9.17) is 9.47 Å². The van der Waals surface area contributed by atoms with Crippen LogP contribution in [0.4, 0.5) is 0 Å². The quantitative estimate of drug-likeness (QED) is 0.382. The highest BCUT2D eigenvalue weighted by Gasteiger charge is 2.64. The summed E-state index contributed by atoms with van der Waals surface area (Å²) < 4.78 is 12.8. The fourth-order valence-electron chi connectivity index (χ4n) is 9.56. The SMILES string of the molecule is CC1=C(C(=O)OC2CC3CCC2(C)C3(C)C)C(C2=CN=CCC2)=C(C(=O)OC2CC3CCC2(C)C3(C)C)C(C)N1. The van der Waals surface area contributed by atoms with Gasteiger partial charge in [-0.3, -0.25) is 4.99 Å². The number of ether oxygens (including phenoxy) is 2. The molecule has 2 heterocycles. The van der Waals surface area contributed by atoms with Gasteiger partial charge in [0, 0.05) is 34.5 Å². The van der Waals surface area contributed by atoms with Gasteiger partial charge in [0.25, 0.3) is 0 Å². The minimum atomic E-state index is -0.338. The molecule has 0 spiro atoms. The van der Waals surface area contributed by atoms with Crippen molar-refractivity contribution >= 4 is 18.2 Å². The predicted octanol–water partition coefficient (Wildman–Crippen LogP) is 6.81. The molecule has 4 bridgehead atoms. The zero-order chi connectivity index (χ0) is 28.8. The third-order valence-electron chi connectivity index (χ3n) is 13.3. The third kappa shape index (κ3) is 3.69. The van der Waals surface area contributed by atoms with Crippen LogP contribution >= 0.6 is 0 Å². The first-order valence-electron chi connectivity index (χ1n) is 15.6. The fourth-order valence-corrected chi connectivity index (χ4v) is 9.56. The van der Waals surface area contributed by atoms with Crippen molar-refractivity contribution in [3.8, 4) is 0 Å². The van der Waals surface area contributed by atoms with Gasteiger partial charge in [-0.25, -0.2) is 9.59 Å². The number of hydrogen-bond acceptors (Lipinski definition) is 6. The molecule has 40 heavy (non-hydrogen) atoms. The van der Waals surface area contributed by atoms with Crippen LogP contribution in [0, 0.1) is 33.5 Å². The van der Waals surface area contributed by atoms with E-state index in [1.807, 2.05) is 26.3 Å². The van der Waals surface area contributed by atoms with Crippen LogP contribution in [-0.4, -0.2) is 36.4 Å². The second kappa shape index (κ2) is 9.06. The predicted molar refractivity (Wildman–Crippen MR) is 156 cm³/mol. The molecule has 0 aromatic carbocycles. The first-order chi connectivity index (χ1) is 18.7. The van der Waals surface area contributed by atoms with Crippen molar-refractivity contribution in [1.82, 2.24) is 5.32 Å². The van der Waals surface area contributed by atoms with E-state index >= 15 is 0 Å². The van der Waals surface area contributed by atoms with Gasteiger partial charge in [0.15, 0.2) is 0 Å². The van der Waals surface area contributed by atoms with Crippen LogP contribution in [0.5, 0.6) is 0 Å². The van der Waals surface area contributed by atoms with Crippen molar-refractivity contribution in [2.24, 2.45) is 38.5 Å². The van der Waals surface area contributed by atoms with Crippen molar-refractivity contribution in [2.45, 2.75) is 125 Å². The molecule has 0 aromatic rings. The van der Waals surface area contributed by atoms with Crippen molar-refractivity contribution in [3.05, 3.63) is 34.2 Å². The maximum atomic E-state index is 14.1. The molecule has 4 aliphatic carbocycles. The first kappa shape index (κ1) is 27.8. The van der Waals surface area contributed by atoms with Gasteiger partial charge in [0.1, 0.15) is 12.2 Å². The van der Waals surface area contributed by atoms with Crippen LogP contribution in [0.3, 0.4) is 0 Å². The number of hydrogen-bond donors (Lipinski definition) is 1. The Labute approximate surface area is 240 Å². The Kier molecular flexibility index (Phi) is 6.30. The lowest BCUT2D eigenvalue weighted by Gasteiger charge is -2.40. The monoisotopic (exact) mass is 548 g/mol. The average Bonchev–Trinajstić information content (AvgIpc) is 3.41. The molecule has 4 fully saturated rings. The minimum Gasteiger partial charge on any atom is -0.458 e. The number of fused-ring (bicyclic) bond motifs is 4. The number of carbonyl (C=O) groups is 2. The summed E-state index contributed by atoms with van der Waals surface area (Å²) >= 11 is 0. The summed E-state index contributed by atoms with van der Waals surface area (Å²) in [6, 6.07) is -0.288. The topological polar surface area (TPSA) is 77.0 Å². The number of nitrogens with one attached hydrogen (secondary N) is 1. The number of aliphatic imine (C=N–C) groups is 1. The van der Waals surface area contributed by atoms with Gasteiger partial charge in [0.05, 0.1) is 17.2 Å². The molecule has 0 aromatic heterocycles. The highest BCUT2D eigenvalue weighted by atomic mass is 16.6. The van der Waals surface area contributed by atoms with Crippen LogP contribution < -0.4 is 5.32 Å². The molecule has 0 radical (unpaired) electrons. The Morgan fingerprint density at radius 3 is 1.90 bits per heavy atom. The number of allylic oxidation sites excluding steroid dienone is 2.